The summed E-state index contributed by atoms with van der Waals surface area (Å²) in [6.45, 7) is 1.64. The summed E-state index contributed by atoms with van der Waals surface area (Å²) in [7, 11) is 0. The zero-order chi connectivity index (χ0) is 16.9. The van der Waals surface area contributed by atoms with Crippen molar-refractivity contribution in [3.63, 3.8) is 0 Å². The van der Waals surface area contributed by atoms with Crippen LogP contribution < -0.4 is 20.1 Å². The van der Waals surface area contributed by atoms with Crippen LogP contribution >= 0.6 is 0 Å². The number of ether oxygens (including phenoxy) is 2. The number of nitrogens with one attached hydrogen (secondary N) is 2. The number of pyridine rings is 1. The van der Waals surface area contributed by atoms with Gasteiger partial charge >= 0.3 is 0 Å². The summed E-state index contributed by atoms with van der Waals surface area (Å²) in [5, 5.41) is 14.2. The Morgan fingerprint density at radius 3 is 2.84 bits per heavy atom. The van der Waals surface area contributed by atoms with E-state index in [-0.39, 0.29) is 0 Å². The second-order valence-electron chi connectivity index (χ2n) is 5.32. The Bertz CT molecular complexity index is 859. The number of anilines is 3. The molecule has 4 rings (SSSR count). The predicted molar refractivity (Wildman–Crippen MR) is 92.1 cm³/mol. The van der Waals surface area contributed by atoms with Gasteiger partial charge in [0.15, 0.2) is 17.3 Å². The monoisotopic (exact) mass is 336 g/mol. The van der Waals surface area contributed by atoms with Crippen molar-refractivity contribution in [1.82, 2.24) is 20.2 Å². The lowest BCUT2D eigenvalue weighted by molar-refractivity contribution is 0.171. The van der Waals surface area contributed by atoms with E-state index in [1.165, 1.54) is 0 Å². The zero-order valence-electron chi connectivity index (χ0n) is 13.3. The Kier molecular flexibility index (Phi) is 4.23. The fourth-order valence-corrected chi connectivity index (χ4v) is 2.38. The van der Waals surface area contributed by atoms with Gasteiger partial charge in [-0.05, 0) is 24.3 Å². The summed E-state index contributed by atoms with van der Waals surface area (Å²) in [6, 6.07) is 11.4. The number of aromatic nitrogens is 4. The molecule has 0 radical (unpaired) electrons. The molecule has 0 saturated heterocycles. The Labute approximate surface area is 144 Å². The van der Waals surface area contributed by atoms with Crippen LogP contribution in [0.4, 0.5) is 17.5 Å². The van der Waals surface area contributed by atoms with Crippen LogP contribution in [0.3, 0.4) is 0 Å². The first-order valence-electron chi connectivity index (χ1n) is 7.87. The van der Waals surface area contributed by atoms with Crippen LogP contribution in [0.15, 0.2) is 48.8 Å². The third-order valence-electron chi connectivity index (χ3n) is 3.53. The van der Waals surface area contributed by atoms with Crippen LogP contribution in [-0.2, 0) is 6.54 Å². The molecule has 0 spiro atoms. The molecule has 8 heteroatoms. The van der Waals surface area contributed by atoms with Gasteiger partial charge in [0.1, 0.15) is 13.2 Å². The molecule has 2 N–H and O–H groups in total. The van der Waals surface area contributed by atoms with Crippen LogP contribution in [0.25, 0.3) is 0 Å². The van der Waals surface area contributed by atoms with E-state index < -0.39 is 0 Å². The standard InChI is InChI=1S/C17H16N6O2/c1-2-6-18-13(3-1)10-19-17-22-16(11-20-23-17)21-12-4-5-14-15(9-12)25-8-7-24-14/h1-6,9,11H,7-8,10H2,(H2,19,21,22,23). The van der Waals surface area contributed by atoms with Crippen molar-refractivity contribution in [3.8, 4) is 11.5 Å². The SMILES string of the molecule is c1ccc(CNc2nncc(Nc3ccc4c(c3)OCCO4)n2)nc1. The number of benzene rings is 1. The number of rotatable bonds is 5. The van der Waals surface area contributed by atoms with Gasteiger partial charge < -0.3 is 20.1 Å². The van der Waals surface area contributed by atoms with Gasteiger partial charge in [0.25, 0.3) is 0 Å². The first kappa shape index (κ1) is 15.1. The Hall–Kier alpha value is -3.42. The lowest BCUT2D eigenvalue weighted by atomic mass is 10.2. The number of fused-ring (bicyclic) bond motifs is 1. The van der Waals surface area contributed by atoms with Crippen LogP contribution in [-0.4, -0.2) is 33.4 Å². The molecule has 0 saturated carbocycles. The van der Waals surface area contributed by atoms with Crippen molar-refractivity contribution in [3.05, 3.63) is 54.5 Å². The van der Waals surface area contributed by atoms with Crippen molar-refractivity contribution in [2.24, 2.45) is 0 Å². The van der Waals surface area contributed by atoms with Crippen molar-refractivity contribution in [2.45, 2.75) is 6.54 Å². The molecule has 8 nitrogen and oxygen atoms in total. The molecule has 126 valence electrons. The number of hydrogen-bond donors (Lipinski definition) is 2. The predicted octanol–water partition coefficient (Wildman–Crippen LogP) is 2.39. The van der Waals surface area contributed by atoms with E-state index in [4.69, 9.17) is 9.47 Å². The molecule has 0 atom stereocenters. The van der Waals surface area contributed by atoms with E-state index in [9.17, 15) is 0 Å². The van der Waals surface area contributed by atoms with Crippen molar-refractivity contribution in [1.29, 1.82) is 0 Å². The van der Waals surface area contributed by atoms with Gasteiger partial charge in [0, 0.05) is 18.0 Å². The van der Waals surface area contributed by atoms with Crippen LogP contribution in [0.5, 0.6) is 11.5 Å². The average Bonchev–Trinajstić information content (AvgIpc) is 2.67. The molecule has 25 heavy (non-hydrogen) atoms. The zero-order valence-corrected chi connectivity index (χ0v) is 13.3. The molecule has 0 unspecified atom stereocenters. The van der Waals surface area contributed by atoms with E-state index in [1.807, 2.05) is 36.4 Å². The molecular formula is C17H16N6O2. The average molecular weight is 336 g/mol. The molecule has 0 fully saturated rings. The second kappa shape index (κ2) is 7.00. The molecule has 3 aromatic rings. The fraction of sp³-hybridized carbons (Fsp3) is 0.176. The minimum Gasteiger partial charge on any atom is -0.486 e. The molecule has 1 aromatic carbocycles. The van der Waals surface area contributed by atoms with Crippen LogP contribution in [0.1, 0.15) is 5.69 Å². The normalized spacial score (nSPS) is 12.5. The van der Waals surface area contributed by atoms with Gasteiger partial charge in [-0.3, -0.25) is 4.98 Å². The van der Waals surface area contributed by atoms with Gasteiger partial charge in [-0.1, -0.05) is 6.07 Å². The molecular weight excluding hydrogens is 320 g/mol. The van der Waals surface area contributed by atoms with Crippen molar-refractivity contribution >= 4 is 17.5 Å². The van der Waals surface area contributed by atoms with Gasteiger partial charge in [0.05, 0.1) is 18.4 Å². The Morgan fingerprint density at radius 2 is 1.96 bits per heavy atom. The molecule has 0 bridgehead atoms. The summed E-state index contributed by atoms with van der Waals surface area (Å²) in [5.41, 5.74) is 1.73. The number of nitrogens with zero attached hydrogens (tertiary/aromatic N) is 4. The fourth-order valence-electron chi connectivity index (χ4n) is 2.38. The molecule has 3 heterocycles. The summed E-state index contributed by atoms with van der Waals surface area (Å²) >= 11 is 0. The largest absolute Gasteiger partial charge is 0.486 e. The maximum absolute atomic E-state index is 5.58. The summed E-state index contributed by atoms with van der Waals surface area (Å²) < 4.78 is 11.1. The van der Waals surface area contributed by atoms with E-state index in [2.05, 4.69) is 30.8 Å². The van der Waals surface area contributed by atoms with Crippen molar-refractivity contribution in [2.75, 3.05) is 23.8 Å². The van der Waals surface area contributed by atoms with Gasteiger partial charge in [-0.25, -0.2) is 0 Å². The highest BCUT2D eigenvalue weighted by atomic mass is 16.6. The van der Waals surface area contributed by atoms with E-state index >= 15 is 0 Å². The summed E-state index contributed by atoms with van der Waals surface area (Å²) in [4.78, 5) is 8.64. The molecule has 1 aliphatic heterocycles. The van der Waals surface area contributed by atoms with Gasteiger partial charge in [-0.2, -0.15) is 10.1 Å². The summed E-state index contributed by atoms with van der Waals surface area (Å²) in [6.07, 6.45) is 3.30. The third-order valence-corrected chi connectivity index (χ3v) is 3.53. The maximum Gasteiger partial charge on any atom is 0.245 e. The quantitative estimate of drug-likeness (QED) is 0.733. The first-order valence-corrected chi connectivity index (χ1v) is 7.87. The minimum absolute atomic E-state index is 0.424. The molecule has 1 aliphatic rings. The van der Waals surface area contributed by atoms with E-state index in [0.29, 0.717) is 37.3 Å². The van der Waals surface area contributed by atoms with Gasteiger partial charge in [-0.15, -0.1) is 5.10 Å². The Morgan fingerprint density at radius 1 is 1.04 bits per heavy atom. The van der Waals surface area contributed by atoms with Crippen LogP contribution in [0.2, 0.25) is 0 Å². The highest BCUT2D eigenvalue weighted by Crippen LogP contribution is 2.33. The smallest absolute Gasteiger partial charge is 0.245 e. The lowest BCUT2D eigenvalue weighted by Crippen LogP contribution is -2.15. The molecule has 0 amide bonds. The highest BCUT2D eigenvalue weighted by Gasteiger charge is 2.12. The van der Waals surface area contributed by atoms with E-state index in [1.54, 1.807) is 12.4 Å². The van der Waals surface area contributed by atoms with Gasteiger partial charge in [0.2, 0.25) is 5.95 Å². The van der Waals surface area contributed by atoms with Crippen molar-refractivity contribution < 1.29 is 9.47 Å². The topological polar surface area (TPSA) is 94.1 Å². The minimum atomic E-state index is 0.424. The third kappa shape index (κ3) is 3.74. The lowest BCUT2D eigenvalue weighted by Gasteiger charge is -2.19. The highest BCUT2D eigenvalue weighted by molar-refractivity contribution is 5.61. The maximum atomic E-state index is 5.58. The molecule has 0 aliphatic carbocycles. The molecule has 2 aromatic heterocycles. The number of hydrogen-bond acceptors (Lipinski definition) is 8. The van der Waals surface area contributed by atoms with Crippen LogP contribution in [0, 0.1) is 0 Å². The second-order valence-corrected chi connectivity index (χ2v) is 5.32. The van der Waals surface area contributed by atoms with E-state index in [0.717, 1.165) is 17.1 Å². The summed E-state index contributed by atoms with van der Waals surface area (Å²) in [5.74, 6) is 2.46. The Balaban J connectivity index is 1.44. The first-order chi connectivity index (χ1) is 12.4.